The average Bonchev–Trinajstić information content (AvgIpc) is 2.74. The van der Waals surface area contributed by atoms with Crippen molar-refractivity contribution in [2.24, 2.45) is 0 Å². The van der Waals surface area contributed by atoms with E-state index in [0.717, 1.165) is 0 Å². The van der Waals surface area contributed by atoms with Crippen LogP contribution in [0.4, 0.5) is 5.69 Å². The maximum atomic E-state index is 13.2. The van der Waals surface area contributed by atoms with E-state index < -0.39 is 36.5 Å². The third kappa shape index (κ3) is 7.86. The Balaban J connectivity index is 3.57. The number of anilines is 1. The average molecular weight is 789 g/mol. The molecule has 0 saturated heterocycles. The molecule has 0 aromatic heterocycles. The Labute approximate surface area is 227 Å². The van der Waals surface area contributed by atoms with E-state index >= 15 is 0 Å². The molecule has 5 N–H and O–H groups in total. The van der Waals surface area contributed by atoms with Gasteiger partial charge in [-0.15, -0.1) is 0 Å². The fourth-order valence-electron chi connectivity index (χ4n) is 2.56. The van der Waals surface area contributed by atoms with Gasteiger partial charge in [0.05, 0.1) is 42.8 Å². The largest absolute Gasteiger partial charge is 0.394 e. The topological polar surface area (TPSA) is 148 Å². The van der Waals surface area contributed by atoms with E-state index in [1.807, 2.05) is 67.8 Å². The minimum Gasteiger partial charge on any atom is -0.394 e. The SMILES string of the molecule is CCC(O)CNC(=O)c1c(I)c(NC(=O)COC)c(I)c(C(=O)N(C)CC(O)CO)c1I. The molecule has 0 aliphatic carbocycles. The standard InChI is InChI=1S/C19H26I3N3O7/c1-4-9(27)5-23-18(30)12-14(20)13(19(31)25(2)6-10(28)7-26)16(22)17(15(12)21)24-11(29)8-32-3/h9-10,26-28H,4-8H2,1-3H3,(H,23,30)(H,24,29). The molecular formula is C19H26I3N3O7. The number of aliphatic hydroxyl groups is 3. The molecule has 2 atom stereocenters. The molecule has 1 aromatic carbocycles. The number of halogens is 3. The van der Waals surface area contributed by atoms with E-state index in [4.69, 9.17) is 9.84 Å². The van der Waals surface area contributed by atoms with Crippen LogP contribution in [0.1, 0.15) is 34.1 Å². The summed E-state index contributed by atoms with van der Waals surface area (Å²) in [6, 6.07) is 0. The number of nitrogens with zero attached hydrogens (tertiary/aromatic N) is 1. The van der Waals surface area contributed by atoms with Crippen molar-refractivity contribution in [1.82, 2.24) is 10.2 Å². The molecule has 0 aliphatic rings. The van der Waals surface area contributed by atoms with Gasteiger partial charge in [0, 0.05) is 30.8 Å². The van der Waals surface area contributed by atoms with Gasteiger partial charge in [0.1, 0.15) is 6.61 Å². The van der Waals surface area contributed by atoms with Crippen LogP contribution in [0, 0.1) is 10.7 Å². The molecule has 0 radical (unpaired) electrons. The highest BCUT2D eigenvalue weighted by atomic mass is 127. The molecular weight excluding hydrogens is 763 g/mol. The number of hydrogen-bond donors (Lipinski definition) is 5. The number of rotatable bonds is 11. The fourth-order valence-corrected chi connectivity index (χ4v) is 6.95. The number of methoxy groups -OCH3 is 1. The van der Waals surface area contributed by atoms with Gasteiger partial charge < -0.3 is 35.6 Å². The normalized spacial score (nSPS) is 12.8. The monoisotopic (exact) mass is 789 g/mol. The molecule has 3 amide bonds. The second-order valence-electron chi connectivity index (χ2n) is 6.84. The van der Waals surface area contributed by atoms with E-state index in [1.165, 1.54) is 19.1 Å². The number of likely N-dealkylation sites (N-methyl/N-ethyl adjacent to an activating group) is 1. The maximum Gasteiger partial charge on any atom is 0.255 e. The lowest BCUT2D eigenvalue weighted by Crippen LogP contribution is -2.38. The Morgan fingerprint density at radius 1 is 1.06 bits per heavy atom. The number of carbonyl (C=O) groups is 3. The van der Waals surface area contributed by atoms with Crippen molar-refractivity contribution in [3.8, 4) is 0 Å². The Kier molecular flexibility index (Phi) is 13.1. The number of hydrogen-bond acceptors (Lipinski definition) is 7. The van der Waals surface area contributed by atoms with Crippen molar-refractivity contribution in [1.29, 1.82) is 0 Å². The molecule has 0 spiro atoms. The number of nitrogens with one attached hydrogen (secondary N) is 2. The summed E-state index contributed by atoms with van der Waals surface area (Å²) in [5.41, 5.74) is 0.643. The Morgan fingerprint density at radius 2 is 1.66 bits per heavy atom. The number of benzene rings is 1. The van der Waals surface area contributed by atoms with E-state index in [1.54, 1.807) is 6.92 Å². The predicted octanol–water partition coefficient (Wildman–Crippen LogP) is 1.01. The summed E-state index contributed by atoms with van der Waals surface area (Å²) < 4.78 is 6.06. The predicted molar refractivity (Wildman–Crippen MR) is 144 cm³/mol. The molecule has 0 heterocycles. The van der Waals surface area contributed by atoms with Gasteiger partial charge in [-0.05, 0) is 74.2 Å². The van der Waals surface area contributed by atoms with Gasteiger partial charge in [-0.25, -0.2) is 0 Å². The van der Waals surface area contributed by atoms with Gasteiger partial charge in [-0.2, -0.15) is 0 Å². The highest BCUT2D eigenvalue weighted by Crippen LogP contribution is 2.36. The molecule has 0 aliphatic heterocycles. The van der Waals surface area contributed by atoms with Crippen LogP contribution in [0.5, 0.6) is 0 Å². The zero-order valence-electron chi connectivity index (χ0n) is 17.7. The van der Waals surface area contributed by atoms with E-state index in [2.05, 4.69) is 10.6 Å². The summed E-state index contributed by atoms with van der Waals surface area (Å²) in [4.78, 5) is 39.6. The van der Waals surface area contributed by atoms with Crippen LogP contribution in [-0.4, -0.2) is 90.6 Å². The first-order valence-corrected chi connectivity index (χ1v) is 12.7. The lowest BCUT2D eigenvalue weighted by molar-refractivity contribution is -0.119. The molecule has 10 nitrogen and oxygen atoms in total. The second kappa shape index (κ2) is 14.1. The molecule has 0 fully saturated rings. The van der Waals surface area contributed by atoms with Crippen molar-refractivity contribution in [3.05, 3.63) is 21.8 Å². The summed E-state index contributed by atoms with van der Waals surface area (Å²) in [7, 11) is 2.84. The lowest BCUT2D eigenvalue weighted by Gasteiger charge is -2.24. The molecule has 13 heteroatoms. The number of amides is 3. The van der Waals surface area contributed by atoms with Gasteiger partial charge in [0.25, 0.3) is 11.8 Å². The third-order valence-corrected chi connectivity index (χ3v) is 7.55. The summed E-state index contributed by atoms with van der Waals surface area (Å²) >= 11 is 5.76. The Morgan fingerprint density at radius 3 is 2.19 bits per heavy atom. The Hall–Kier alpha value is -0.340. The van der Waals surface area contributed by atoms with Crippen molar-refractivity contribution in [2.45, 2.75) is 25.6 Å². The summed E-state index contributed by atoms with van der Waals surface area (Å²) in [6.45, 7) is 0.971. The van der Waals surface area contributed by atoms with Crippen LogP contribution in [0.15, 0.2) is 0 Å². The van der Waals surface area contributed by atoms with Crippen LogP contribution in [-0.2, 0) is 9.53 Å². The molecule has 32 heavy (non-hydrogen) atoms. The smallest absolute Gasteiger partial charge is 0.255 e. The maximum absolute atomic E-state index is 13.2. The van der Waals surface area contributed by atoms with E-state index in [0.29, 0.717) is 17.1 Å². The van der Waals surface area contributed by atoms with Gasteiger partial charge in [-0.1, -0.05) is 6.92 Å². The molecule has 1 aromatic rings. The molecule has 2 unspecified atom stereocenters. The highest BCUT2D eigenvalue weighted by molar-refractivity contribution is 14.1. The van der Waals surface area contributed by atoms with E-state index in [-0.39, 0.29) is 36.5 Å². The van der Waals surface area contributed by atoms with Crippen LogP contribution in [0.3, 0.4) is 0 Å². The Bertz CT molecular complexity index is 854. The van der Waals surface area contributed by atoms with Gasteiger partial charge >= 0.3 is 0 Å². The fraction of sp³-hybridized carbons (Fsp3) is 0.526. The van der Waals surface area contributed by atoms with Gasteiger partial charge in [-0.3, -0.25) is 14.4 Å². The summed E-state index contributed by atoms with van der Waals surface area (Å²) in [5.74, 6) is -1.45. The van der Waals surface area contributed by atoms with Gasteiger partial charge in [0.2, 0.25) is 5.91 Å². The zero-order valence-corrected chi connectivity index (χ0v) is 24.2. The van der Waals surface area contributed by atoms with Crippen LogP contribution in [0.25, 0.3) is 0 Å². The highest BCUT2D eigenvalue weighted by Gasteiger charge is 2.30. The van der Waals surface area contributed by atoms with Crippen molar-refractivity contribution in [3.63, 3.8) is 0 Å². The summed E-state index contributed by atoms with van der Waals surface area (Å²) in [6.07, 6.45) is -1.38. The first-order valence-electron chi connectivity index (χ1n) is 9.49. The van der Waals surface area contributed by atoms with Gasteiger partial charge in [0.15, 0.2) is 0 Å². The molecule has 1 rings (SSSR count). The van der Waals surface area contributed by atoms with Crippen LogP contribution < -0.4 is 10.6 Å². The third-order valence-electron chi connectivity index (χ3n) is 4.31. The summed E-state index contributed by atoms with van der Waals surface area (Å²) in [5, 5.41) is 34.0. The zero-order chi connectivity index (χ0) is 24.6. The first kappa shape index (κ1) is 29.7. The van der Waals surface area contributed by atoms with Crippen molar-refractivity contribution >= 4 is 91.2 Å². The lowest BCUT2D eigenvalue weighted by atomic mass is 10.1. The number of carbonyl (C=O) groups excluding carboxylic acids is 3. The first-order chi connectivity index (χ1) is 15.0. The van der Waals surface area contributed by atoms with Crippen molar-refractivity contribution < 1.29 is 34.4 Å². The number of ether oxygens (including phenoxy) is 1. The number of aliphatic hydroxyl groups excluding tert-OH is 3. The van der Waals surface area contributed by atoms with Crippen LogP contribution >= 0.6 is 67.8 Å². The van der Waals surface area contributed by atoms with E-state index in [9.17, 15) is 24.6 Å². The molecule has 0 saturated carbocycles. The quantitative estimate of drug-likeness (QED) is 0.211. The molecule has 180 valence electrons. The second-order valence-corrected chi connectivity index (χ2v) is 10.1. The minimum absolute atomic E-state index is 0.0325. The van der Waals surface area contributed by atoms with Crippen LogP contribution in [0.2, 0.25) is 0 Å². The molecule has 0 bridgehead atoms. The van der Waals surface area contributed by atoms with Crippen molar-refractivity contribution in [2.75, 3.05) is 45.8 Å². The minimum atomic E-state index is -1.12.